The molecule has 0 aliphatic carbocycles. The van der Waals surface area contributed by atoms with Crippen LogP contribution in [-0.4, -0.2) is 40.1 Å². The van der Waals surface area contributed by atoms with Gasteiger partial charge in [-0.15, -0.1) is 0 Å². The van der Waals surface area contributed by atoms with Crippen molar-refractivity contribution in [3.63, 3.8) is 0 Å². The molecule has 1 atom stereocenters. The fraction of sp³-hybridized carbons (Fsp3) is 0.207. The van der Waals surface area contributed by atoms with E-state index in [9.17, 15) is 19.8 Å². The van der Waals surface area contributed by atoms with Crippen molar-refractivity contribution < 1.29 is 29.3 Å². The number of hydrogen-bond acceptors (Lipinski definition) is 8. The second kappa shape index (κ2) is 10.2. The lowest BCUT2D eigenvalue weighted by atomic mass is 9.95. The SMILES string of the molecule is CCOc1cccc(C(O)=C2C(=O)C(=O)N(c3nc4ccc(C)cc4s3)C2c2ccc(O)c(OCC)c2)c1. The van der Waals surface area contributed by atoms with Crippen LogP contribution in [0.3, 0.4) is 0 Å². The molecule has 3 aromatic carbocycles. The summed E-state index contributed by atoms with van der Waals surface area (Å²) in [6.45, 7) is 6.33. The molecular weight excluding hydrogens is 504 g/mol. The third-order valence-corrected chi connectivity index (χ3v) is 7.22. The Kier molecular flexibility index (Phi) is 6.77. The lowest BCUT2D eigenvalue weighted by molar-refractivity contribution is -0.132. The van der Waals surface area contributed by atoms with Crippen LogP contribution in [0.5, 0.6) is 17.2 Å². The summed E-state index contributed by atoms with van der Waals surface area (Å²) in [6, 6.07) is 16.1. The van der Waals surface area contributed by atoms with Gasteiger partial charge in [-0.25, -0.2) is 4.98 Å². The van der Waals surface area contributed by atoms with E-state index in [1.807, 2.05) is 32.0 Å². The van der Waals surface area contributed by atoms with Crippen LogP contribution in [0.25, 0.3) is 16.0 Å². The van der Waals surface area contributed by atoms with Gasteiger partial charge in [0.05, 0.1) is 35.0 Å². The Hall–Kier alpha value is -4.37. The van der Waals surface area contributed by atoms with Crippen LogP contribution in [0.15, 0.2) is 66.2 Å². The van der Waals surface area contributed by atoms with E-state index in [0.717, 1.165) is 10.3 Å². The molecule has 0 radical (unpaired) electrons. The van der Waals surface area contributed by atoms with Gasteiger partial charge in [0.15, 0.2) is 16.6 Å². The highest BCUT2D eigenvalue weighted by Crippen LogP contribution is 2.46. The van der Waals surface area contributed by atoms with Gasteiger partial charge in [0.25, 0.3) is 5.78 Å². The molecule has 0 saturated carbocycles. The Balaban J connectivity index is 1.73. The number of aliphatic hydroxyl groups excluding tert-OH is 1. The zero-order chi connectivity index (χ0) is 27.0. The molecule has 1 amide bonds. The molecule has 8 nitrogen and oxygen atoms in total. The number of aromatic nitrogens is 1. The van der Waals surface area contributed by atoms with Crippen molar-refractivity contribution in [2.24, 2.45) is 0 Å². The summed E-state index contributed by atoms with van der Waals surface area (Å²) in [5.41, 5.74) is 2.46. The third kappa shape index (κ3) is 4.45. The summed E-state index contributed by atoms with van der Waals surface area (Å²) in [5, 5.41) is 22.0. The lowest BCUT2D eigenvalue weighted by Gasteiger charge is -2.23. The first-order valence-corrected chi connectivity index (χ1v) is 13.0. The second-order valence-electron chi connectivity index (χ2n) is 8.76. The van der Waals surface area contributed by atoms with Gasteiger partial charge in [0.2, 0.25) is 0 Å². The van der Waals surface area contributed by atoms with Crippen molar-refractivity contribution in [1.29, 1.82) is 0 Å². The van der Waals surface area contributed by atoms with E-state index < -0.39 is 17.7 Å². The highest BCUT2D eigenvalue weighted by molar-refractivity contribution is 7.22. The third-order valence-electron chi connectivity index (χ3n) is 6.20. The summed E-state index contributed by atoms with van der Waals surface area (Å²) in [4.78, 5) is 33.0. The van der Waals surface area contributed by atoms with Gasteiger partial charge in [-0.3, -0.25) is 14.5 Å². The monoisotopic (exact) mass is 530 g/mol. The van der Waals surface area contributed by atoms with E-state index in [2.05, 4.69) is 4.98 Å². The number of nitrogens with zero attached hydrogens (tertiary/aromatic N) is 2. The number of carbonyl (C=O) groups excluding carboxylic acids is 2. The Morgan fingerprint density at radius 3 is 2.58 bits per heavy atom. The number of fused-ring (bicyclic) bond motifs is 1. The molecule has 0 bridgehead atoms. The second-order valence-corrected chi connectivity index (χ2v) is 9.77. The zero-order valence-corrected chi connectivity index (χ0v) is 21.9. The first kappa shape index (κ1) is 25.3. The number of anilines is 1. The molecule has 2 heterocycles. The largest absolute Gasteiger partial charge is 0.507 e. The van der Waals surface area contributed by atoms with Crippen molar-refractivity contribution in [3.8, 4) is 17.2 Å². The molecule has 9 heteroatoms. The summed E-state index contributed by atoms with van der Waals surface area (Å²) in [5.74, 6) is -1.33. The number of aliphatic hydroxyl groups is 1. The standard InChI is InChI=1S/C29H26N2O6S/c1-4-36-19-8-6-7-18(14-19)26(33)24-25(17-10-12-21(32)22(15-17)37-5-2)31(28(35)27(24)34)29-30-20-11-9-16(3)13-23(20)38-29/h6-15,25,32-33H,4-5H2,1-3H3. The number of phenols is 1. The van der Waals surface area contributed by atoms with Crippen LogP contribution in [-0.2, 0) is 9.59 Å². The van der Waals surface area contributed by atoms with Crippen LogP contribution in [0.2, 0.25) is 0 Å². The number of hydrogen-bond donors (Lipinski definition) is 2. The molecule has 1 aromatic heterocycles. The van der Waals surface area contributed by atoms with Crippen LogP contribution >= 0.6 is 11.3 Å². The molecular formula is C29H26N2O6S. The van der Waals surface area contributed by atoms with E-state index in [0.29, 0.717) is 40.7 Å². The number of aromatic hydroxyl groups is 1. The highest BCUT2D eigenvalue weighted by Gasteiger charge is 2.48. The molecule has 5 rings (SSSR count). The minimum Gasteiger partial charge on any atom is -0.507 e. The minimum absolute atomic E-state index is 0.0765. The van der Waals surface area contributed by atoms with E-state index in [-0.39, 0.29) is 22.8 Å². The number of aryl methyl sites for hydroxylation is 1. The molecule has 1 fully saturated rings. The van der Waals surface area contributed by atoms with Crippen LogP contribution in [0, 0.1) is 6.92 Å². The van der Waals surface area contributed by atoms with Crippen molar-refractivity contribution in [2.75, 3.05) is 18.1 Å². The summed E-state index contributed by atoms with van der Waals surface area (Å²) in [6.07, 6.45) is 0. The number of benzene rings is 3. The van der Waals surface area contributed by atoms with Crippen LogP contribution < -0.4 is 14.4 Å². The van der Waals surface area contributed by atoms with Gasteiger partial charge in [0.1, 0.15) is 11.5 Å². The number of phenolic OH excluding ortho intramolecular Hbond substituents is 1. The fourth-order valence-electron chi connectivity index (χ4n) is 4.50. The quantitative estimate of drug-likeness (QED) is 0.178. The lowest BCUT2D eigenvalue weighted by Crippen LogP contribution is -2.29. The summed E-state index contributed by atoms with van der Waals surface area (Å²) < 4.78 is 12.0. The van der Waals surface area contributed by atoms with Gasteiger partial charge in [-0.2, -0.15) is 0 Å². The summed E-state index contributed by atoms with van der Waals surface area (Å²) >= 11 is 1.29. The van der Waals surface area contributed by atoms with Gasteiger partial charge in [-0.05, 0) is 68.3 Å². The normalized spacial score (nSPS) is 16.8. The van der Waals surface area contributed by atoms with E-state index in [4.69, 9.17) is 9.47 Å². The van der Waals surface area contributed by atoms with Crippen LogP contribution in [0.4, 0.5) is 5.13 Å². The van der Waals surface area contributed by atoms with Gasteiger partial charge in [-0.1, -0.05) is 35.6 Å². The van der Waals surface area contributed by atoms with Crippen molar-refractivity contribution in [2.45, 2.75) is 26.8 Å². The van der Waals surface area contributed by atoms with E-state index >= 15 is 0 Å². The molecule has 0 spiro atoms. The Morgan fingerprint density at radius 1 is 1.03 bits per heavy atom. The smallest absolute Gasteiger partial charge is 0.301 e. The Morgan fingerprint density at radius 2 is 1.82 bits per heavy atom. The Labute approximate surface area is 223 Å². The maximum absolute atomic E-state index is 13.5. The number of ketones is 1. The van der Waals surface area contributed by atoms with E-state index in [1.165, 1.54) is 22.3 Å². The van der Waals surface area contributed by atoms with Gasteiger partial charge < -0.3 is 19.7 Å². The first-order chi connectivity index (χ1) is 18.3. The van der Waals surface area contributed by atoms with Crippen LogP contribution in [0.1, 0.15) is 36.6 Å². The number of rotatable bonds is 7. The topological polar surface area (TPSA) is 109 Å². The van der Waals surface area contributed by atoms with Crippen molar-refractivity contribution in [3.05, 3.63) is 82.9 Å². The van der Waals surface area contributed by atoms with Gasteiger partial charge >= 0.3 is 5.91 Å². The number of Topliss-reactive ketones (excluding diaryl/α,β-unsaturated/α-hetero) is 1. The van der Waals surface area contributed by atoms with Crippen molar-refractivity contribution in [1.82, 2.24) is 4.98 Å². The molecule has 2 N–H and O–H groups in total. The average Bonchev–Trinajstić information content (AvgIpc) is 3.43. The molecule has 4 aromatic rings. The maximum atomic E-state index is 13.5. The fourth-order valence-corrected chi connectivity index (χ4v) is 5.59. The summed E-state index contributed by atoms with van der Waals surface area (Å²) in [7, 11) is 0. The predicted octanol–water partition coefficient (Wildman–Crippen LogP) is 5.73. The van der Waals surface area contributed by atoms with Gasteiger partial charge in [0, 0.05) is 5.56 Å². The van der Waals surface area contributed by atoms with E-state index in [1.54, 1.807) is 43.3 Å². The molecule has 1 unspecified atom stereocenters. The number of carbonyl (C=O) groups is 2. The maximum Gasteiger partial charge on any atom is 0.301 e. The average molecular weight is 531 g/mol. The first-order valence-electron chi connectivity index (χ1n) is 12.2. The molecule has 1 aliphatic rings. The number of ether oxygens (including phenoxy) is 2. The molecule has 1 saturated heterocycles. The zero-order valence-electron chi connectivity index (χ0n) is 21.1. The Bertz CT molecular complexity index is 1590. The molecule has 194 valence electrons. The minimum atomic E-state index is -1.01. The highest BCUT2D eigenvalue weighted by atomic mass is 32.1. The molecule has 38 heavy (non-hydrogen) atoms. The molecule has 1 aliphatic heterocycles. The van der Waals surface area contributed by atoms with Crippen molar-refractivity contribution >= 4 is 44.1 Å². The number of thiazole rings is 1. The number of amides is 1. The predicted molar refractivity (Wildman–Crippen MR) is 146 cm³/mol.